The summed E-state index contributed by atoms with van der Waals surface area (Å²) in [5.74, 6) is -1.21. The number of halogens is 5. The number of hydrogen-bond acceptors (Lipinski definition) is 5. The maximum absolute atomic E-state index is 13.5. The number of aromatic hydroxyl groups is 1. The highest BCUT2D eigenvalue weighted by molar-refractivity contribution is 6.42. The van der Waals surface area contributed by atoms with Gasteiger partial charge in [-0.05, 0) is 35.9 Å². The number of phenols is 1. The lowest BCUT2D eigenvalue weighted by Gasteiger charge is -2.22. The van der Waals surface area contributed by atoms with Crippen molar-refractivity contribution in [2.24, 2.45) is 0 Å². The van der Waals surface area contributed by atoms with Crippen LogP contribution in [0.4, 0.5) is 35.4 Å². The van der Waals surface area contributed by atoms with Crippen molar-refractivity contribution in [2.45, 2.75) is 12.7 Å². The van der Waals surface area contributed by atoms with Crippen LogP contribution in [-0.4, -0.2) is 26.3 Å². The molecular weight excluding hydrogens is 460 g/mol. The molecule has 3 aromatic rings. The van der Waals surface area contributed by atoms with E-state index < -0.39 is 30.2 Å². The number of phenolic OH excluding ortho intramolecular Hbond substituents is 1. The number of alkyl halides is 3. The first kappa shape index (κ1) is 22.4. The number of carboxylic acid groups (broad SMARTS) is 1. The fraction of sp³-hybridized carbons (Fsp3) is 0.105. The first-order valence-corrected chi connectivity index (χ1v) is 9.25. The van der Waals surface area contributed by atoms with E-state index in [1.807, 2.05) is 0 Å². The van der Waals surface area contributed by atoms with E-state index in [2.05, 4.69) is 15.3 Å². The molecule has 1 aromatic heterocycles. The lowest BCUT2D eigenvalue weighted by molar-refractivity contribution is -0.137. The lowest BCUT2D eigenvalue weighted by atomic mass is 10.2. The number of amides is 1. The molecule has 0 saturated carbocycles. The van der Waals surface area contributed by atoms with Gasteiger partial charge in [0.05, 0.1) is 16.6 Å². The molecule has 0 aliphatic heterocycles. The normalized spacial score (nSPS) is 11.3. The van der Waals surface area contributed by atoms with Crippen LogP contribution in [0.2, 0.25) is 10.0 Å². The van der Waals surface area contributed by atoms with Gasteiger partial charge in [0.1, 0.15) is 11.3 Å². The van der Waals surface area contributed by atoms with Crippen molar-refractivity contribution in [1.82, 2.24) is 9.97 Å². The predicted molar refractivity (Wildman–Crippen MR) is 109 cm³/mol. The fourth-order valence-corrected chi connectivity index (χ4v) is 2.86. The molecule has 3 N–H and O–H groups in total. The Morgan fingerprint density at radius 2 is 1.77 bits per heavy atom. The van der Waals surface area contributed by atoms with Gasteiger partial charge < -0.3 is 15.5 Å². The molecule has 7 nitrogen and oxygen atoms in total. The number of nitrogens with one attached hydrogen (secondary N) is 1. The first-order chi connectivity index (χ1) is 14.5. The van der Waals surface area contributed by atoms with E-state index in [1.54, 1.807) is 0 Å². The maximum atomic E-state index is 13.5. The minimum atomic E-state index is -4.90. The molecule has 0 fully saturated rings. The van der Waals surface area contributed by atoms with E-state index in [0.717, 1.165) is 0 Å². The third kappa shape index (κ3) is 5.47. The van der Waals surface area contributed by atoms with Crippen LogP contribution >= 0.6 is 23.2 Å². The summed E-state index contributed by atoms with van der Waals surface area (Å²) in [6, 6.07) is 9.72. The zero-order valence-electron chi connectivity index (χ0n) is 15.4. The van der Waals surface area contributed by atoms with Gasteiger partial charge in [-0.2, -0.15) is 18.2 Å². The minimum absolute atomic E-state index is 0.0725. The lowest BCUT2D eigenvalue weighted by Crippen LogP contribution is -2.32. The van der Waals surface area contributed by atoms with E-state index in [1.165, 1.54) is 42.5 Å². The molecule has 0 bridgehead atoms. The molecule has 0 aliphatic carbocycles. The Hall–Kier alpha value is -3.24. The third-order valence-corrected chi connectivity index (χ3v) is 4.75. The van der Waals surface area contributed by atoms with Gasteiger partial charge in [0.15, 0.2) is 5.82 Å². The summed E-state index contributed by atoms with van der Waals surface area (Å²) in [7, 11) is 0. The van der Waals surface area contributed by atoms with Gasteiger partial charge in [-0.15, -0.1) is 0 Å². The van der Waals surface area contributed by atoms with Gasteiger partial charge in [-0.3, -0.25) is 4.90 Å². The smallest absolute Gasteiger partial charge is 0.421 e. The summed E-state index contributed by atoms with van der Waals surface area (Å²) in [6.45, 7) is -0.443. The van der Waals surface area contributed by atoms with E-state index in [4.69, 9.17) is 23.2 Å². The zero-order chi connectivity index (χ0) is 22.8. The number of aromatic nitrogens is 2. The Morgan fingerprint density at radius 3 is 2.35 bits per heavy atom. The standard InChI is InChI=1S/C19H13Cl2F3N4O3/c20-14-6-3-11(7-15(14)21)26-17-25-8-13(19(22,23)24)16(27-17)28(18(30)31)9-10-1-4-12(29)5-2-10/h1-8,29H,9H2,(H,30,31)(H,25,26,27). The second-order valence-electron chi connectivity index (χ2n) is 6.22. The Labute approximate surface area is 183 Å². The van der Waals surface area contributed by atoms with Crippen LogP contribution in [0.5, 0.6) is 5.75 Å². The highest BCUT2D eigenvalue weighted by Crippen LogP contribution is 2.36. The average molecular weight is 473 g/mol. The third-order valence-electron chi connectivity index (χ3n) is 4.01. The first-order valence-electron chi connectivity index (χ1n) is 8.49. The van der Waals surface area contributed by atoms with Crippen LogP contribution in [0, 0.1) is 0 Å². The molecule has 0 atom stereocenters. The van der Waals surface area contributed by atoms with E-state index in [9.17, 15) is 28.2 Å². The van der Waals surface area contributed by atoms with Crippen LogP contribution in [0.1, 0.15) is 11.1 Å². The summed E-state index contributed by atoms with van der Waals surface area (Å²) in [6.07, 6.45) is -6.06. The molecule has 1 amide bonds. The van der Waals surface area contributed by atoms with Gasteiger partial charge in [-0.25, -0.2) is 9.78 Å². The van der Waals surface area contributed by atoms with Gasteiger partial charge in [0, 0.05) is 11.9 Å². The van der Waals surface area contributed by atoms with Crippen molar-refractivity contribution in [3.05, 3.63) is 69.8 Å². The molecule has 0 spiro atoms. The second-order valence-corrected chi connectivity index (χ2v) is 7.03. The molecule has 12 heteroatoms. The maximum Gasteiger partial charge on any atom is 0.421 e. The van der Waals surface area contributed by atoms with Gasteiger partial charge >= 0.3 is 12.3 Å². The molecule has 162 valence electrons. The largest absolute Gasteiger partial charge is 0.508 e. The molecule has 0 aliphatic rings. The monoisotopic (exact) mass is 472 g/mol. The number of nitrogens with zero attached hydrogens (tertiary/aromatic N) is 3. The van der Waals surface area contributed by atoms with Gasteiger partial charge in [0.2, 0.25) is 5.95 Å². The van der Waals surface area contributed by atoms with Crippen molar-refractivity contribution in [2.75, 3.05) is 10.2 Å². The predicted octanol–water partition coefficient (Wildman–Crippen LogP) is 5.94. The highest BCUT2D eigenvalue weighted by Gasteiger charge is 2.38. The van der Waals surface area contributed by atoms with E-state index in [0.29, 0.717) is 22.3 Å². The zero-order valence-corrected chi connectivity index (χ0v) is 16.9. The molecule has 3 rings (SSSR count). The molecule has 0 unspecified atom stereocenters. The minimum Gasteiger partial charge on any atom is -0.508 e. The van der Waals surface area contributed by atoms with Gasteiger partial charge in [-0.1, -0.05) is 35.3 Å². The molecule has 2 aromatic carbocycles. The van der Waals surface area contributed by atoms with Crippen LogP contribution in [-0.2, 0) is 12.7 Å². The van der Waals surface area contributed by atoms with E-state index in [-0.39, 0.29) is 21.7 Å². The molecular formula is C19H13Cl2F3N4O3. The van der Waals surface area contributed by atoms with Crippen molar-refractivity contribution in [3.8, 4) is 5.75 Å². The molecule has 0 radical (unpaired) electrons. The average Bonchev–Trinajstić information content (AvgIpc) is 2.69. The van der Waals surface area contributed by atoms with Crippen LogP contribution < -0.4 is 10.2 Å². The summed E-state index contributed by atoms with van der Waals surface area (Å²) in [5.41, 5.74) is -0.653. The number of rotatable bonds is 5. The van der Waals surface area contributed by atoms with Crippen LogP contribution in [0.15, 0.2) is 48.7 Å². The van der Waals surface area contributed by atoms with Gasteiger partial charge in [0.25, 0.3) is 0 Å². The fourth-order valence-electron chi connectivity index (χ4n) is 2.56. The van der Waals surface area contributed by atoms with Crippen molar-refractivity contribution in [3.63, 3.8) is 0 Å². The number of carbonyl (C=O) groups is 1. The van der Waals surface area contributed by atoms with E-state index >= 15 is 0 Å². The Kier molecular flexibility index (Phi) is 6.42. The summed E-state index contributed by atoms with van der Waals surface area (Å²) in [4.78, 5) is 19.7. The number of benzene rings is 2. The number of hydrogen-bond donors (Lipinski definition) is 3. The topological polar surface area (TPSA) is 98.6 Å². The SMILES string of the molecule is O=C(O)N(Cc1ccc(O)cc1)c1nc(Nc2ccc(Cl)c(Cl)c2)ncc1C(F)(F)F. The number of anilines is 3. The molecule has 1 heterocycles. The molecule has 0 saturated heterocycles. The Bertz CT molecular complexity index is 1110. The summed E-state index contributed by atoms with van der Waals surface area (Å²) < 4.78 is 40.6. The Balaban J connectivity index is 2.02. The Morgan fingerprint density at radius 1 is 1.10 bits per heavy atom. The molecule has 31 heavy (non-hydrogen) atoms. The van der Waals surface area contributed by atoms with Crippen molar-refractivity contribution >= 4 is 46.7 Å². The van der Waals surface area contributed by atoms with Crippen LogP contribution in [0.3, 0.4) is 0 Å². The highest BCUT2D eigenvalue weighted by atomic mass is 35.5. The quantitative estimate of drug-likeness (QED) is 0.425. The van der Waals surface area contributed by atoms with Crippen molar-refractivity contribution in [1.29, 1.82) is 0 Å². The van der Waals surface area contributed by atoms with Crippen molar-refractivity contribution < 1.29 is 28.2 Å². The second kappa shape index (κ2) is 8.86. The van der Waals surface area contributed by atoms with Crippen LogP contribution in [0.25, 0.3) is 0 Å². The summed E-state index contributed by atoms with van der Waals surface area (Å²) >= 11 is 11.8. The summed E-state index contributed by atoms with van der Waals surface area (Å²) in [5, 5.41) is 22.1.